The molecule has 1 saturated heterocycles. The minimum absolute atomic E-state index is 0.0256. The Morgan fingerprint density at radius 3 is 2.38 bits per heavy atom. The molecule has 2 aliphatic heterocycles. The van der Waals surface area contributed by atoms with Gasteiger partial charge in [-0.1, -0.05) is 29.8 Å². The summed E-state index contributed by atoms with van der Waals surface area (Å²) in [6.45, 7) is 6.70. The number of hydrogen-bond donors (Lipinski definition) is 1. The number of nitrogens with zero attached hydrogens (tertiary/aromatic N) is 3. The third kappa shape index (κ3) is 5.77. The first-order valence-electron chi connectivity index (χ1n) is 12.5. The van der Waals surface area contributed by atoms with E-state index in [1.807, 2.05) is 36.1 Å². The fourth-order valence-corrected chi connectivity index (χ4v) is 4.73. The summed E-state index contributed by atoms with van der Waals surface area (Å²) in [5.74, 6) is 0.239. The van der Waals surface area contributed by atoms with Gasteiger partial charge in [0.05, 0.1) is 25.3 Å². The molecule has 1 atom stereocenters. The van der Waals surface area contributed by atoms with Gasteiger partial charge in [0.15, 0.2) is 0 Å². The van der Waals surface area contributed by atoms with Crippen LogP contribution in [0.15, 0.2) is 59.8 Å². The number of methoxy groups -OCH3 is 1. The van der Waals surface area contributed by atoms with Gasteiger partial charge in [0.25, 0.3) is 5.91 Å². The van der Waals surface area contributed by atoms with Crippen LogP contribution in [0.4, 0.5) is 4.79 Å². The van der Waals surface area contributed by atoms with Crippen LogP contribution in [0.25, 0.3) is 0 Å². The SMILES string of the molecule is CCOC(=O)C1=C(CN2CCN(C(=O)c3ccc(OC)cc3)CC2)N(C)C(=O)NC1c1cccc(C)c1. The smallest absolute Gasteiger partial charge is 0.338 e. The summed E-state index contributed by atoms with van der Waals surface area (Å²) in [5, 5.41) is 2.96. The zero-order chi connectivity index (χ0) is 26.5. The molecule has 2 heterocycles. The molecular formula is C28H34N4O5. The van der Waals surface area contributed by atoms with Crippen molar-refractivity contribution < 1.29 is 23.9 Å². The van der Waals surface area contributed by atoms with Gasteiger partial charge in [-0.05, 0) is 43.7 Å². The highest BCUT2D eigenvalue weighted by atomic mass is 16.5. The number of ether oxygens (including phenoxy) is 2. The normalized spacial score (nSPS) is 18.5. The van der Waals surface area contributed by atoms with Crippen LogP contribution in [0.3, 0.4) is 0 Å². The molecule has 0 bridgehead atoms. The van der Waals surface area contributed by atoms with Gasteiger partial charge in [-0.2, -0.15) is 0 Å². The van der Waals surface area contributed by atoms with E-state index in [0.29, 0.717) is 55.3 Å². The Kier molecular flexibility index (Phi) is 8.13. The number of benzene rings is 2. The average molecular weight is 507 g/mol. The molecule has 3 amide bonds. The third-order valence-corrected chi connectivity index (χ3v) is 6.82. The molecule has 1 unspecified atom stereocenters. The number of carbonyl (C=O) groups excluding carboxylic acids is 3. The number of amides is 3. The molecule has 0 radical (unpaired) electrons. The number of urea groups is 1. The maximum atomic E-state index is 13.2. The molecule has 37 heavy (non-hydrogen) atoms. The molecule has 9 nitrogen and oxygen atoms in total. The fourth-order valence-electron chi connectivity index (χ4n) is 4.73. The van der Waals surface area contributed by atoms with Crippen molar-refractivity contribution in [2.45, 2.75) is 19.9 Å². The van der Waals surface area contributed by atoms with Crippen molar-refractivity contribution in [3.63, 3.8) is 0 Å². The Morgan fingerprint density at radius 1 is 1.05 bits per heavy atom. The summed E-state index contributed by atoms with van der Waals surface area (Å²) in [6, 6.07) is 14.0. The summed E-state index contributed by atoms with van der Waals surface area (Å²) in [5.41, 5.74) is 3.53. The molecule has 4 rings (SSSR count). The molecule has 1 fully saturated rings. The lowest BCUT2D eigenvalue weighted by Crippen LogP contribution is -2.53. The van der Waals surface area contributed by atoms with Gasteiger partial charge in [-0.15, -0.1) is 0 Å². The molecule has 1 N–H and O–H groups in total. The van der Waals surface area contributed by atoms with Crippen molar-refractivity contribution in [1.29, 1.82) is 0 Å². The molecular weight excluding hydrogens is 472 g/mol. The quantitative estimate of drug-likeness (QED) is 0.581. The van der Waals surface area contributed by atoms with E-state index in [0.717, 1.165) is 11.1 Å². The van der Waals surface area contributed by atoms with Crippen LogP contribution >= 0.6 is 0 Å². The highest BCUT2D eigenvalue weighted by Crippen LogP contribution is 2.32. The van der Waals surface area contributed by atoms with Crippen molar-refractivity contribution in [1.82, 2.24) is 20.0 Å². The topological polar surface area (TPSA) is 91.4 Å². The summed E-state index contributed by atoms with van der Waals surface area (Å²) < 4.78 is 10.6. The van der Waals surface area contributed by atoms with Gasteiger partial charge in [-0.3, -0.25) is 14.6 Å². The van der Waals surface area contributed by atoms with Crippen molar-refractivity contribution in [3.8, 4) is 5.75 Å². The van der Waals surface area contributed by atoms with Crippen LogP contribution in [0.5, 0.6) is 5.75 Å². The van der Waals surface area contributed by atoms with Crippen LogP contribution in [-0.2, 0) is 9.53 Å². The van der Waals surface area contributed by atoms with E-state index in [4.69, 9.17) is 9.47 Å². The van der Waals surface area contributed by atoms with Gasteiger partial charge in [0, 0.05) is 51.0 Å². The monoisotopic (exact) mass is 506 g/mol. The van der Waals surface area contributed by atoms with Gasteiger partial charge in [-0.25, -0.2) is 9.59 Å². The minimum atomic E-state index is -0.601. The highest BCUT2D eigenvalue weighted by Gasteiger charge is 2.37. The minimum Gasteiger partial charge on any atom is -0.497 e. The third-order valence-electron chi connectivity index (χ3n) is 6.82. The van der Waals surface area contributed by atoms with Crippen LogP contribution in [0.2, 0.25) is 0 Å². The molecule has 196 valence electrons. The number of esters is 1. The number of likely N-dealkylation sites (N-methyl/N-ethyl adjacent to an activating group) is 1. The van der Waals surface area contributed by atoms with Crippen molar-refractivity contribution in [2.75, 3.05) is 53.5 Å². The van der Waals surface area contributed by atoms with Crippen LogP contribution in [-0.4, -0.2) is 86.1 Å². The lowest BCUT2D eigenvalue weighted by Gasteiger charge is -2.39. The largest absolute Gasteiger partial charge is 0.497 e. The maximum absolute atomic E-state index is 13.2. The first kappa shape index (κ1) is 26.2. The summed E-state index contributed by atoms with van der Waals surface area (Å²) >= 11 is 0. The molecule has 2 aliphatic rings. The van der Waals surface area contributed by atoms with Crippen molar-refractivity contribution >= 4 is 17.9 Å². The standard InChI is InChI=1S/C28H34N4O5/c1-5-37-27(34)24-23(30(3)28(35)29-25(24)21-8-6-7-19(2)17-21)18-31-13-15-32(16-14-31)26(33)20-9-11-22(36-4)12-10-20/h6-12,17,25H,5,13-16,18H2,1-4H3,(H,29,35). The predicted molar refractivity (Wildman–Crippen MR) is 139 cm³/mol. The second-order valence-corrected chi connectivity index (χ2v) is 9.23. The Labute approximate surface area is 217 Å². The van der Waals surface area contributed by atoms with Crippen LogP contribution in [0, 0.1) is 6.92 Å². The van der Waals surface area contributed by atoms with Crippen LogP contribution in [0.1, 0.15) is 34.5 Å². The predicted octanol–water partition coefficient (Wildman–Crippen LogP) is 2.97. The van der Waals surface area contributed by atoms with E-state index < -0.39 is 12.0 Å². The first-order valence-corrected chi connectivity index (χ1v) is 12.5. The molecule has 0 saturated carbocycles. The molecule has 0 aromatic heterocycles. The molecule has 2 aromatic carbocycles. The Hall–Kier alpha value is -3.85. The maximum Gasteiger partial charge on any atom is 0.338 e. The Morgan fingerprint density at radius 2 is 1.76 bits per heavy atom. The second-order valence-electron chi connectivity index (χ2n) is 9.23. The lowest BCUT2D eigenvalue weighted by atomic mass is 9.93. The van der Waals surface area contributed by atoms with Gasteiger partial charge in [0.1, 0.15) is 5.75 Å². The summed E-state index contributed by atoms with van der Waals surface area (Å²) in [7, 11) is 3.26. The second kappa shape index (κ2) is 11.5. The fraction of sp³-hybridized carbons (Fsp3) is 0.393. The highest BCUT2D eigenvalue weighted by molar-refractivity contribution is 5.95. The molecule has 9 heteroatoms. The van der Waals surface area contributed by atoms with E-state index in [2.05, 4.69) is 10.2 Å². The van der Waals surface area contributed by atoms with E-state index in [9.17, 15) is 14.4 Å². The molecule has 0 aliphatic carbocycles. The lowest BCUT2D eigenvalue weighted by molar-refractivity contribution is -0.139. The van der Waals surface area contributed by atoms with Gasteiger partial charge in [0.2, 0.25) is 0 Å². The Bertz CT molecular complexity index is 1190. The van der Waals surface area contributed by atoms with E-state index in [1.54, 1.807) is 45.3 Å². The number of hydrogen-bond acceptors (Lipinski definition) is 6. The zero-order valence-corrected chi connectivity index (χ0v) is 21.8. The number of piperazine rings is 1. The number of carbonyl (C=O) groups is 3. The first-order chi connectivity index (χ1) is 17.8. The summed E-state index contributed by atoms with van der Waals surface area (Å²) in [6.07, 6.45) is 0. The van der Waals surface area contributed by atoms with Crippen molar-refractivity contribution in [3.05, 3.63) is 76.5 Å². The van der Waals surface area contributed by atoms with Crippen LogP contribution < -0.4 is 10.1 Å². The molecule has 2 aromatic rings. The number of nitrogens with one attached hydrogen (secondary N) is 1. The Balaban J connectivity index is 1.54. The van der Waals surface area contributed by atoms with Crippen molar-refractivity contribution in [2.24, 2.45) is 0 Å². The number of rotatable bonds is 7. The summed E-state index contributed by atoms with van der Waals surface area (Å²) in [4.78, 5) is 44.6. The molecule has 0 spiro atoms. The van der Waals surface area contributed by atoms with Gasteiger partial charge < -0.3 is 19.7 Å². The van der Waals surface area contributed by atoms with Gasteiger partial charge >= 0.3 is 12.0 Å². The van der Waals surface area contributed by atoms with E-state index >= 15 is 0 Å². The zero-order valence-electron chi connectivity index (χ0n) is 21.8. The van der Waals surface area contributed by atoms with E-state index in [-0.39, 0.29) is 18.5 Å². The van der Waals surface area contributed by atoms with E-state index in [1.165, 1.54) is 4.90 Å². The number of aryl methyl sites for hydroxylation is 1. The average Bonchev–Trinajstić information content (AvgIpc) is 2.91.